The molecular weight excluding hydrogens is 341 g/mol. The Labute approximate surface area is 150 Å². The highest BCUT2D eigenvalue weighted by atomic mass is 19.1. The molecule has 1 amide bonds. The Bertz CT molecular complexity index is 733. The van der Waals surface area contributed by atoms with Gasteiger partial charge in [0.05, 0.1) is 6.61 Å². The smallest absolute Gasteiger partial charge is 0.303 e. The van der Waals surface area contributed by atoms with E-state index in [2.05, 4.69) is 5.32 Å². The van der Waals surface area contributed by atoms with Gasteiger partial charge in [-0.15, -0.1) is 0 Å². The fourth-order valence-electron chi connectivity index (χ4n) is 2.07. The van der Waals surface area contributed by atoms with Crippen molar-refractivity contribution in [3.63, 3.8) is 0 Å². The van der Waals surface area contributed by atoms with Gasteiger partial charge in [0.15, 0.2) is 18.2 Å². The first-order valence-corrected chi connectivity index (χ1v) is 8.12. The Morgan fingerprint density at radius 2 is 1.77 bits per heavy atom. The molecule has 0 fully saturated rings. The summed E-state index contributed by atoms with van der Waals surface area (Å²) in [5.41, 5.74) is 0.863. The molecule has 0 spiro atoms. The molecule has 0 aromatic heterocycles. The van der Waals surface area contributed by atoms with Crippen LogP contribution in [0.25, 0.3) is 0 Å². The van der Waals surface area contributed by atoms with E-state index in [0.29, 0.717) is 25.3 Å². The first-order chi connectivity index (χ1) is 12.5. The van der Waals surface area contributed by atoms with Gasteiger partial charge in [0.2, 0.25) is 0 Å². The summed E-state index contributed by atoms with van der Waals surface area (Å²) in [6.07, 6.45) is 0.508. The molecule has 0 aliphatic rings. The van der Waals surface area contributed by atoms with E-state index in [1.165, 1.54) is 12.1 Å². The van der Waals surface area contributed by atoms with Crippen LogP contribution in [0.2, 0.25) is 0 Å². The number of hydrogen-bond acceptors (Lipinski definition) is 4. The van der Waals surface area contributed by atoms with Crippen LogP contribution in [-0.4, -0.2) is 30.2 Å². The third-order valence-electron chi connectivity index (χ3n) is 3.41. The van der Waals surface area contributed by atoms with Crippen molar-refractivity contribution in [3.8, 4) is 11.5 Å². The molecule has 138 valence electrons. The number of carbonyl (C=O) groups excluding carboxylic acids is 1. The Balaban J connectivity index is 1.69. The highest BCUT2D eigenvalue weighted by Crippen LogP contribution is 2.15. The van der Waals surface area contributed by atoms with E-state index in [-0.39, 0.29) is 24.7 Å². The predicted molar refractivity (Wildman–Crippen MR) is 92.5 cm³/mol. The molecule has 6 nitrogen and oxygen atoms in total. The summed E-state index contributed by atoms with van der Waals surface area (Å²) in [5, 5.41) is 11.2. The average molecular weight is 361 g/mol. The molecule has 0 saturated heterocycles. The number of benzene rings is 2. The van der Waals surface area contributed by atoms with Crippen LogP contribution in [0, 0.1) is 5.82 Å². The maximum Gasteiger partial charge on any atom is 0.303 e. The summed E-state index contributed by atoms with van der Waals surface area (Å²) in [7, 11) is 0. The lowest BCUT2D eigenvalue weighted by molar-refractivity contribution is -0.137. The van der Waals surface area contributed by atoms with Gasteiger partial charge in [-0.25, -0.2) is 4.39 Å². The van der Waals surface area contributed by atoms with Crippen molar-refractivity contribution in [3.05, 3.63) is 59.9 Å². The minimum absolute atomic E-state index is 0.0343. The lowest BCUT2D eigenvalue weighted by Crippen LogP contribution is -2.28. The summed E-state index contributed by atoms with van der Waals surface area (Å²) >= 11 is 0. The summed E-state index contributed by atoms with van der Waals surface area (Å²) in [6, 6.07) is 13.0. The fourth-order valence-corrected chi connectivity index (χ4v) is 2.07. The van der Waals surface area contributed by atoms with Gasteiger partial charge in [0, 0.05) is 13.0 Å². The van der Waals surface area contributed by atoms with Crippen LogP contribution in [0.3, 0.4) is 0 Å². The zero-order valence-electron chi connectivity index (χ0n) is 14.1. The number of amides is 1. The third-order valence-corrected chi connectivity index (χ3v) is 3.41. The van der Waals surface area contributed by atoms with E-state index in [1.807, 2.05) is 0 Å². The number of rotatable bonds is 10. The second kappa shape index (κ2) is 10.0. The predicted octanol–water partition coefficient (Wildman–Crippen LogP) is 2.76. The van der Waals surface area contributed by atoms with Crippen molar-refractivity contribution in [1.29, 1.82) is 0 Å². The van der Waals surface area contributed by atoms with Crippen LogP contribution in [0.4, 0.5) is 4.39 Å². The number of halogens is 1. The van der Waals surface area contributed by atoms with E-state index >= 15 is 0 Å². The molecule has 2 N–H and O–H groups in total. The first-order valence-electron chi connectivity index (χ1n) is 8.12. The molecule has 0 aliphatic carbocycles. The molecular formula is C19H20FNO5. The molecule has 2 aromatic carbocycles. The average Bonchev–Trinajstić information content (AvgIpc) is 2.63. The van der Waals surface area contributed by atoms with Crippen LogP contribution in [0.1, 0.15) is 18.4 Å². The molecule has 26 heavy (non-hydrogen) atoms. The second-order valence-corrected chi connectivity index (χ2v) is 5.49. The SMILES string of the molecule is O=C(O)CCCOc1ccc(CNC(=O)COc2ccccc2F)cc1. The van der Waals surface area contributed by atoms with Gasteiger partial charge in [-0.2, -0.15) is 0 Å². The number of para-hydroxylation sites is 1. The molecule has 2 aromatic rings. The molecule has 7 heteroatoms. The molecule has 2 rings (SSSR count). The quantitative estimate of drug-likeness (QED) is 0.636. The van der Waals surface area contributed by atoms with E-state index in [0.717, 1.165) is 5.56 Å². The van der Waals surface area contributed by atoms with Crippen LogP contribution in [0.15, 0.2) is 48.5 Å². The van der Waals surface area contributed by atoms with Crippen molar-refractivity contribution < 1.29 is 28.6 Å². The molecule has 0 saturated carbocycles. The van der Waals surface area contributed by atoms with Crippen molar-refractivity contribution >= 4 is 11.9 Å². The highest BCUT2D eigenvalue weighted by molar-refractivity contribution is 5.77. The number of carbonyl (C=O) groups is 2. The highest BCUT2D eigenvalue weighted by Gasteiger charge is 2.06. The molecule has 0 unspecified atom stereocenters. The largest absolute Gasteiger partial charge is 0.494 e. The number of carboxylic acid groups (broad SMARTS) is 1. The van der Waals surface area contributed by atoms with Crippen LogP contribution < -0.4 is 14.8 Å². The molecule has 0 bridgehead atoms. The van der Waals surface area contributed by atoms with Crippen LogP contribution >= 0.6 is 0 Å². The number of hydrogen-bond donors (Lipinski definition) is 2. The Kier molecular flexibility index (Phi) is 7.42. The Morgan fingerprint density at radius 1 is 1.04 bits per heavy atom. The van der Waals surface area contributed by atoms with Crippen molar-refractivity contribution in [2.24, 2.45) is 0 Å². The van der Waals surface area contributed by atoms with E-state index in [1.54, 1.807) is 36.4 Å². The van der Waals surface area contributed by atoms with Gasteiger partial charge >= 0.3 is 5.97 Å². The second-order valence-electron chi connectivity index (χ2n) is 5.49. The van der Waals surface area contributed by atoms with Crippen LogP contribution in [-0.2, 0) is 16.1 Å². The third kappa shape index (κ3) is 6.80. The summed E-state index contributed by atoms with van der Waals surface area (Å²) in [6.45, 7) is 0.361. The zero-order valence-corrected chi connectivity index (χ0v) is 14.1. The molecule has 0 radical (unpaired) electrons. The number of ether oxygens (including phenoxy) is 2. The van der Waals surface area contributed by atoms with Gasteiger partial charge in [-0.05, 0) is 36.2 Å². The lowest BCUT2D eigenvalue weighted by Gasteiger charge is -2.09. The van der Waals surface area contributed by atoms with Gasteiger partial charge in [-0.1, -0.05) is 24.3 Å². The van der Waals surface area contributed by atoms with Gasteiger partial charge < -0.3 is 19.9 Å². The minimum atomic E-state index is -0.848. The molecule has 0 atom stereocenters. The Hall–Kier alpha value is -3.09. The normalized spacial score (nSPS) is 10.2. The maximum atomic E-state index is 13.4. The lowest BCUT2D eigenvalue weighted by atomic mass is 10.2. The van der Waals surface area contributed by atoms with Crippen molar-refractivity contribution in [2.75, 3.05) is 13.2 Å². The number of nitrogens with one attached hydrogen (secondary N) is 1. The van der Waals surface area contributed by atoms with Crippen LogP contribution in [0.5, 0.6) is 11.5 Å². The summed E-state index contributed by atoms with van der Waals surface area (Å²) in [4.78, 5) is 22.2. The fraction of sp³-hybridized carbons (Fsp3) is 0.263. The summed E-state index contributed by atoms with van der Waals surface area (Å²) in [5.74, 6) is -1.06. The van der Waals surface area contributed by atoms with Gasteiger partial charge in [0.25, 0.3) is 5.91 Å². The minimum Gasteiger partial charge on any atom is -0.494 e. The van der Waals surface area contributed by atoms with E-state index in [9.17, 15) is 14.0 Å². The molecule has 0 heterocycles. The monoisotopic (exact) mass is 361 g/mol. The number of carboxylic acids is 1. The summed E-state index contributed by atoms with van der Waals surface area (Å²) < 4.78 is 23.9. The first kappa shape index (κ1) is 19.2. The molecule has 0 aliphatic heterocycles. The van der Waals surface area contributed by atoms with Crippen molar-refractivity contribution in [2.45, 2.75) is 19.4 Å². The van der Waals surface area contributed by atoms with E-state index < -0.39 is 11.8 Å². The Morgan fingerprint density at radius 3 is 2.46 bits per heavy atom. The zero-order chi connectivity index (χ0) is 18.8. The topological polar surface area (TPSA) is 84.9 Å². The van der Waals surface area contributed by atoms with Gasteiger partial charge in [0.1, 0.15) is 5.75 Å². The standard InChI is InChI=1S/C19H20FNO5/c20-16-4-1-2-5-17(16)26-13-18(22)21-12-14-7-9-15(10-8-14)25-11-3-6-19(23)24/h1-2,4-5,7-10H,3,6,11-13H2,(H,21,22)(H,23,24). The van der Waals surface area contributed by atoms with Crippen molar-refractivity contribution in [1.82, 2.24) is 5.32 Å². The maximum absolute atomic E-state index is 13.4. The van der Waals surface area contributed by atoms with E-state index in [4.69, 9.17) is 14.6 Å². The van der Waals surface area contributed by atoms with Gasteiger partial charge in [-0.3, -0.25) is 9.59 Å². The number of aliphatic carboxylic acids is 1.